The molecule has 0 aromatic carbocycles. The van der Waals surface area contributed by atoms with E-state index in [2.05, 4.69) is 11.8 Å². The van der Waals surface area contributed by atoms with Gasteiger partial charge in [-0.05, 0) is 38.8 Å². The lowest BCUT2D eigenvalue weighted by Crippen LogP contribution is -2.40. The van der Waals surface area contributed by atoms with Crippen LogP contribution >= 0.6 is 0 Å². The van der Waals surface area contributed by atoms with Crippen molar-refractivity contribution in [2.75, 3.05) is 26.2 Å². The molecule has 0 aromatic heterocycles. The molecule has 0 aromatic rings. The van der Waals surface area contributed by atoms with Crippen molar-refractivity contribution in [3.63, 3.8) is 0 Å². The van der Waals surface area contributed by atoms with Crippen LogP contribution in [0, 0.1) is 5.92 Å². The van der Waals surface area contributed by atoms with Crippen molar-refractivity contribution in [3.8, 4) is 0 Å². The van der Waals surface area contributed by atoms with Crippen molar-refractivity contribution in [2.45, 2.75) is 39.2 Å². The van der Waals surface area contributed by atoms with Crippen LogP contribution in [0.15, 0.2) is 12.2 Å². The van der Waals surface area contributed by atoms with Gasteiger partial charge in [0.15, 0.2) is 0 Å². The summed E-state index contributed by atoms with van der Waals surface area (Å²) in [6.45, 7) is 6.96. The topological polar surface area (TPSA) is 55.6 Å². The number of ether oxygens (including phenoxy) is 1. The third-order valence-corrected chi connectivity index (χ3v) is 3.68. The first-order chi connectivity index (χ1) is 8.72. The standard InChI is InChI=1S/C14H26N2O2/c1-3-16(10-6-9-14(17)18-4-2)13-8-5-7-12(13)11-15/h6,9,12-13H,3-5,7-8,10-11,15H2,1-2H3/b9-6+. The van der Waals surface area contributed by atoms with E-state index in [1.165, 1.54) is 25.3 Å². The molecule has 0 spiro atoms. The Hall–Kier alpha value is -0.870. The quantitative estimate of drug-likeness (QED) is 0.553. The molecule has 0 saturated heterocycles. The average Bonchev–Trinajstić information content (AvgIpc) is 2.83. The van der Waals surface area contributed by atoms with Gasteiger partial charge in [0.25, 0.3) is 0 Å². The van der Waals surface area contributed by atoms with E-state index in [-0.39, 0.29) is 5.97 Å². The minimum Gasteiger partial charge on any atom is -0.463 e. The number of rotatable bonds is 7. The summed E-state index contributed by atoms with van der Waals surface area (Å²) < 4.78 is 4.86. The fraction of sp³-hybridized carbons (Fsp3) is 0.786. The molecule has 4 heteroatoms. The number of carbonyl (C=O) groups excluding carboxylic acids is 1. The van der Waals surface area contributed by atoms with Gasteiger partial charge < -0.3 is 10.5 Å². The zero-order chi connectivity index (χ0) is 13.4. The van der Waals surface area contributed by atoms with E-state index in [9.17, 15) is 4.79 Å². The van der Waals surface area contributed by atoms with E-state index in [0.717, 1.165) is 19.6 Å². The highest BCUT2D eigenvalue weighted by Gasteiger charge is 2.29. The molecule has 0 amide bonds. The first-order valence-electron chi connectivity index (χ1n) is 7.00. The van der Waals surface area contributed by atoms with Gasteiger partial charge in [-0.25, -0.2) is 4.79 Å². The first kappa shape index (κ1) is 15.2. The molecule has 1 aliphatic carbocycles. The highest BCUT2D eigenvalue weighted by molar-refractivity contribution is 5.81. The predicted molar refractivity (Wildman–Crippen MR) is 73.2 cm³/mol. The maximum absolute atomic E-state index is 11.2. The lowest BCUT2D eigenvalue weighted by Gasteiger charge is -2.30. The second-order valence-electron chi connectivity index (χ2n) is 4.74. The summed E-state index contributed by atoms with van der Waals surface area (Å²) in [5.74, 6) is 0.358. The molecular weight excluding hydrogens is 228 g/mol. The van der Waals surface area contributed by atoms with Crippen molar-refractivity contribution in [1.82, 2.24) is 4.90 Å². The lowest BCUT2D eigenvalue weighted by atomic mass is 10.0. The van der Waals surface area contributed by atoms with Crippen LogP contribution in [-0.2, 0) is 9.53 Å². The van der Waals surface area contributed by atoms with Crippen LogP contribution in [0.3, 0.4) is 0 Å². The van der Waals surface area contributed by atoms with Gasteiger partial charge in [0.05, 0.1) is 6.61 Å². The molecule has 0 heterocycles. The second kappa shape index (κ2) is 8.27. The molecule has 0 bridgehead atoms. The third-order valence-electron chi connectivity index (χ3n) is 3.68. The third kappa shape index (κ3) is 4.42. The Morgan fingerprint density at radius 3 is 2.83 bits per heavy atom. The summed E-state index contributed by atoms with van der Waals surface area (Å²) in [7, 11) is 0. The number of carbonyl (C=O) groups is 1. The van der Waals surface area contributed by atoms with Crippen LogP contribution in [0.4, 0.5) is 0 Å². The Morgan fingerprint density at radius 1 is 1.44 bits per heavy atom. The Labute approximate surface area is 110 Å². The Bertz CT molecular complexity index is 279. The largest absolute Gasteiger partial charge is 0.463 e. The summed E-state index contributed by atoms with van der Waals surface area (Å²) in [6.07, 6.45) is 7.15. The Morgan fingerprint density at radius 2 is 2.22 bits per heavy atom. The SMILES string of the molecule is CCOC(=O)/C=C/CN(CC)C1CCCC1CN. The van der Waals surface area contributed by atoms with E-state index in [4.69, 9.17) is 10.5 Å². The van der Waals surface area contributed by atoms with E-state index < -0.39 is 0 Å². The number of nitrogens with two attached hydrogens (primary N) is 1. The van der Waals surface area contributed by atoms with Crippen molar-refractivity contribution in [1.29, 1.82) is 0 Å². The summed E-state index contributed by atoms with van der Waals surface area (Å²) >= 11 is 0. The fourth-order valence-electron chi connectivity index (χ4n) is 2.75. The van der Waals surface area contributed by atoms with Crippen LogP contribution in [-0.4, -0.2) is 43.2 Å². The first-order valence-corrected chi connectivity index (χ1v) is 7.00. The van der Waals surface area contributed by atoms with E-state index in [1.54, 1.807) is 0 Å². The summed E-state index contributed by atoms with van der Waals surface area (Å²) in [5, 5.41) is 0. The zero-order valence-electron chi connectivity index (χ0n) is 11.6. The van der Waals surface area contributed by atoms with E-state index >= 15 is 0 Å². The molecule has 104 valence electrons. The van der Waals surface area contributed by atoms with Crippen molar-refractivity contribution in [2.24, 2.45) is 11.7 Å². The molecule has 18 heavy (non-hydrogen) atoms. The molecular formula is C14H26N2O2. The maximum atomic E-state index is 11.2. The summed E-state index contributed by atoms with van der Waals surface area (Å²) in [6, 6.07) is 0.576. The summed E-state index contributed by atoms with van der Waals surface area (Å²) in [4.78, 5) is 13.6. The molecule has 1 saturated carbocycles. The Kier molecular flexibility index (Phi) is 6.98. The van der Waals surface area contributed by atoms with Gasteiger partial charge in [-0.3, -0.25) is 4.90 Å². The average molecular weight is 254 g/mol. The van der Waals surface area contributed by atoms with E-state index in [1.807, 2.05) is 13.0 Å². The molecule has 4 nitrogen and oxygen atoms in total. The highest BCUT2D eigenvalue weighted by atomic mass is 16.5. The van der Waals surface area contributed by atoms with Gasteiger partial charge in [0, 0.05) is 18.7 Å². The molecule has 0 aliphatic heterocycles. The van der Waals surface area contributed by atoms with Gasteiger partial charge in [-0.15, -0.1) is 0 Å². The minimum absolute atomic E-state index is 0.254. The zero-order valence-corrected chi connectivity index (χ0v) is 11.6. The van der Waals surface area contributed by atoms with Crippen LogP contribution in [0.2, 0.25) is 0 Å². The number of hydrogen-bond acceptors (Lipinski definition) is 4. The highest BCUT2D eigenvalue weighted by Crippen LogP contribution is 2.28. The molecule has 0 radical (unpaired) electrons. The normalized spacial score (nSPS) is 24.0. The van der Waals surface area contributed by atoms with Gasteiger partial charge in [-0.2, -0.15) is 0 Å². The van der Waals surface area contributed by atoms with Crippen molar-refractivity contribution < 1.29 is 9.53 Å². The molecule has 1 rings (SSSR count). The monoisotopic (exact) mass is 254 g/mol. The van der Waals surface area contributed by atoms with Gasteiger partial charge in [0.1, 0.15) is 0 Å². The number of hydrogen-bond donors (Lipinski definition) is 1. The van der Waals surface area contributed by atoms with Gasteiger partial charge >= 0.3 is 5.97 Å². The van der Waals surface area contributed by atoms with Crippen LogP contribution < -0.4 is 5.73 Å². The van der Waals surface area contributed by atoms with Crippen LogP contribution in [0.1, 0.15) is 33.1 Å². The maximum Gasteiger partial charge on any atom is 0.330 e. The van der Waals surface area contributed by atoms with Crippen molar-refractivity contribution >= 4 is 5.97 Å². The second-order valence-corrected chi connectivity index (χ2v) is 4.74. The van der Waals surface area contributed by atoms with Gasteiger partial charge in [0.2, 0.25) is 0 Å². The lowest BCUT2D eigenvalue weighted by molar-refractivity contribution is -0.137. The molecule has 1 fully saturated rings. The van der Waals surface area contributed by atoms with E-state index in [0.29, 0.717) is 18.6 Å². The Balaban J connectivity index is 2.44. The van der Waals surface area contributed by atoms with Crippen LogP contribution in [0.5, 0.6) is 0 Å². The number of likely N-dealkylation sites (N-methyl/N-ethyl adjacent to an activating group) is 1. The smallest absolute Gasteiger partial charge is 0.330 e. The molecule has 2 atom stereocenters. The number of esters is 1. The summed E-state index contributed by atoms with van der Waals surface area (Å²) in [5.41, 5.74) is 5.81. The van der Waals surface area contributed by atoms with Crippen LogP contribution in [0.25, 0.3) is 0 Å². The van der Waals surface area contributed by atoms with Gasteiger partial charge in [-0.1, -0.05) is 19.4 Å². The molecule has 2 N–H and O–H groups in total. The van der Waals surface area contributed by atoms with Crippen molar-refractivity contribution in [3.05, 3.63) is 12.2 Å². The minimum atomic E-state index is -0.254. The fourth-order valence-corrected chi connectivity index (χ4v) is 2.75. The molecule has 1 aliphatic rings. The number of nitrogens with zero attached hydrogens (tertiary/aromatic N) is 1. The predicted octanol–water partition coefficient (Wildman–Crippen LogP) is 1.56. The molecule has 2 unspecified atom stereocenters.